The largest absolute Gasteiger partial charge is 0.294 e. The minimum Gasteiger partial charge on any atom is -0.294 e. The van der Waals surface area contributed by atoms with Gasteiger partial charge in [-0.2, -0.15) is 10.5 Å². The van der Waals surface area contributed by atoms with Crippen LogP contribution in [0.25, 0.3) is 0 Å². The first-order valence-corrected chi connectivity index (χ1v) is 16.4. The van der Waals surface area contributed by atoms with Gasteiger partial charge in [-0.15, -0.1) is 0 Å². The fraction of sp³-hybridized carbons (Fsp3) is 0.250. The normalized spacial score (nSPS) is 10.6. The summed E-state index contributed by atoms with van der Waals surface area (Å²) in [5.74, 6) is -4.63. The Morgan fingerprint density at radius 3 is 1.38 bits per heavy atom. The van der Waals surface area contributed by atoms with Gasteiger partial charge in [0.1, 0.15) is 11.6 Å². The van der Waals surface area contributed by atoms with Crippen LogP contribution in [0.5, 0.6) is 0 Å². The molecule has 0 radical (unpaired) electrons. The molecule has 0 amide bonds. The average molecular weight is 861 g/mol. The molecular formula is C36H31Br3F6N2O. The molecule has 4 rings (SSSR count). The lowest BCUT2D eigenvalue weighted by molar-refractivity contribution is 0.0939. The van der Waals surface area contributed by atoms with E-state index in [1.165, 1.54) is 24.3 Å². The van der Waals surface area contributed by atoms with Crippen LogP contribution in [0.4, 0.5) is 26.3 Å². The number of hydrogen-bond donors (Lipinski definition) is 0. The summed E-state index contributed by atoms with van der Waals surface area (Å²) in [5.41, 5.74) is -0.491. The van der Waals surface area contributed by atoms with Crippen LogP contribution in [-0.2, 0) is 10.8 Å². The highest BCUT2D eigenvalue weighted by molar-refractivity contribution is 9.11. The van der Waals surface area contributed by atoms with Crippen molar-refractivity contribution in [2.24, 2.45) is 5.92 Å². The summed E-state index contributed by atoms with van der Waals surface area (Å²) >= 11 is 9.39. The molecule has 0 saturated heterocycles. The van der Waals surface area contributed by atoms with Crippen molar-refractivity contribution < 1.29 is 31.1 Å². The summed E-state index contributed by atoms with van der Waals surface area (Å²) in [4.78, 5) is 11.3. The number of rotatable bonds is 4. The van der Waals surface area contributed by atoms with Crippen molar-refractivity contribution in [2.75, 3.05) is 0 Å². The maximum atomic E-state index is 13.4. The second-order valence-electron chi connectivity index (χ2n) is 11.4. The summed E-state index contributed by atoms with van der Waals surface area (Å²) in [5, 5.41) is 17.6. The fourth-order valence-corrected chi connectivity index (χ4v) is 4.57. The van der Waals surface area contributed by atoms with E-state index in [1.807, 2.05) is 0 Å². The summed E-state index contributed by atoms with van der Waals surface area (Å²) in [6.45, 7) is 10.2. The number of hydrogen-bond acceptors (Lipinski definition) is 3. The molecule has 0 aliphatic heterocycles. The molecule has 0 saturated carbocycles. The maximum absolute atomic E-state index is 13.4. The van der Waals surface area contributed by atoms with Gasteiger partial charge in [0.25, 0.3) is 0 Å². The fourth-order valence-electron chi connectivity index (χ4n) is 3.55. The third-order valence-corrected chi connectivity index (χ3v) is 7.86. The smallest absolute Gasteiger partial charge is 0.165 e. The van der Waals surface area contributed by atoms with Gasteiger partial charge in [0.05, 0.1) is 23.0 Å². The Hall–Kier alpha value is -3.45. The van der Waals surface area contributed by atoms with Gasteiger partial charge in [0.15, 0.2) is 29.1 Å². The van der Waals surface area contributed by atoms with Crippen molar-refractivity contribution in [3.63, 3.8) is 0 Å². The van der Waals surface area contributed by atoms with E-state index < -0.39 is 34.1 Å². The van der Waals surface area contributed by atoms with Crippen LogP contribution in [0.3, 0.4) is 0 Å². The first kappa shape index (κ1) is 42.6. The molecule has 48 heavy (non-hydrogen) atoms. The minimum absolute atomic E-state index is 0.182. The van der Waals surface area contributed by atoms with Crippen molar-refractivity contribution in [1.29, 1.82) is 10.5 Å². The highest BCUT2D eigenvalue weighted by Crippen LogP contribution is 2.28. The van der Waals surface area contributed by atoms with Crippen molar-refractivity contribution in [3.05, 3.63) is 138 Å². The Labute approximate surface area is 302 Å². The van der Waals surface area contributed by atoms with Gasteiger partial charge >= 0.3 is 0 Å². The number of benzene rings is 4. The summed E-state index contributed by atoms with van der Waals surface area (Å²) < 4.78 is 78.1. The van der Waals surface area contributed by atoms with Crippen LogP contribution in [0.1, 0.15) is 63.0 Å². The monoisotopic (exact) mass is 858 g/mol. The van der Waals surface area contributed by atoms with Crippen LogP contribution < -0.4 is 0 Å². The van der Waals surface area contributed by atoms with E-state index >= 15 is 0 Å². The van der Waals surface area contributed by atoms with Crippen LogP contribution in [0.15, 0.2) is 86.2 Å². The number of carbonyl (C=O) groups excluding carboxylic acids is 1. The number of nitrogens with zero attached hydrogens (tertiary/aromatic N) is 2. The standard InChI is InChI=1S/2C10H9BrFN.C10H10F2O.C6H3BrF2/c1-10(2,6-13)8-5-7(11)3-4-9(8)12;1-10(2,6-13)8-4-3-7(11)5-9(8)12;1-6(2)10(13)7-3-4-8(11)9(12)5-7;7-4-1-2-5(8)6(9)3-4/h2*3-5H,1-2H3;3-6H,1-2H3;1-3H. The molecule has 0 fully saturated rings. The van der Waals surface area contributed by atoms with Gasteiger partial charge in [-0.3, -0.25) is 4.79 Å². The van der Waals surface area contributed by atoms with E-state index in [9.17, 15) is 31.1 Å². The second kappa shape index (κ2) is 18.9. The minimum atomic E-state index is -0.980. The third kappa shape index (κ3) is 13.2. The van der Waals surface area contributed by atoms with E-state index in [0.717, 1.165) is 28.7 Å². The van der Waals surface area contributed by atoms with Gasteiger partial charge in [-0.1, -0.05) is 67.7 Å². The van der Waals surface area contributed by atoms with Crippen LogP contribution in [0.2, 0.25) is 0 Å². The van der Waals surface area contributed by atoms with Gasteiger partial charge < -0.3 is 0 Å². The number of halogens is 9. The van der Waals surface area contributed by atoms with E-state index in [0.29, 0.717) is 20.1 Å². The third-order valence-electron chi connectivity index (χ3n) is 6.38. The molecule has 12 heteroatoms. The molecule has 0 N–H and O–H groups in total. The summed E-state index contributed by atoms with van der Waals surface area (Å²) in [7, 11) is 0. The molecule has 4 aromatic rings. The zero-order valence-corrected chi connectivity index (χ0v) is 31.5. The topological polar surface area (TPSA) is 64.7 Å². The zero-order valence-electron chi connectivity index (χ0n) is 26.7. The quantitative estimate of drug-likeness (QED) is 0.117. The number of nitriles is 2. The molecule has 0 bridgehead atoms. The lowest BCUT2D eigenvalue weighted by atomic mass is 9.86. The molecule has 4 aromatic carbocycles. The Bertz CT molecular complexity index is 1810. The van der Waals surface area contributed by atoms with E-state index in [-0.39, 0.29) is 28.9 Å². The molecule has 0 aromatic heterocycles. The van der Waals surface area contributed by atoms with Crippen molar-refractivity contribution in [2.45, 2.75) is 52.4 Å². The SMILES string of the molecule is CC(C)(C#N)c1cc(Br)ccc1F.CC(C)(C#N)c1ccc(Br)cc1F.CC(C)C(=O)c1ccc(F)c(F)c1.Fc1ccc(Br)cc1F. The lowest BCUT2D eigenvalue weighted by Crippen LogP contribution is -2.15. The van der Waals surface area contributed by atoms with Crippen molar-refractivity contribution >= 4 is 53.6 Å². The van der Waals surface area contributed by atoms with Crippen molar-refractivity contribution in [1.82, 2.24) is 0 Å². The first-order chi connectivity index (χ1) is 22.2. The van der Waals surface area contributed by atoms with Gasteiger partial charge in [-0.25, -0.2) is 26.3 Å². The molecule has 0 aliphatic rings. The van der Waals surface area contributed by atoms with E-state index in [4.69, 9.17) is 10.5 Å². The predicted molar refractivity (Wildman–Crippen MR) is 185 cm³/mol. The highest BCUT2D eigenvalue weighted by atomic mass is 79.9. The average Bonchev–Trinajstić information content (AvgIpc) is 3.02. The Morgan fingerprint density at radius 1 is 0.562 bits per heavy atom. The maximum Gasteiger partial charge on any atom is 0.165 e. The van der Waals surface area contributed by atoms with Gasteiger partial charge in [-0.05, 0) is 94.4 Å². The van der Waals surface area contributed by atoms with Crippen LogP contribution in [-0.4, -0.2) is 5.78 Å². The molecule has 3 nitrogen and oxygen atoms in total. The first-order valence-electron chi connectivity index (χ1n) is 14.0. The van der Waals surface area contributed by atoms with Crippen LogP contribution in [0, 0.1) is 63.5 Å². The number of carbonyl (C=O) groups is 1. The van der Waals surface area contributed by atoms with Crippen molar-refractivity contribution in [3.8, 4) is 12.1 Å². The summed E-state index contributed by atoms with van der Waals surface area (Å²) in [6, 6.07) is 20.2. The molecular weight excluding hydrogens is 830 g/mol. The highest BCUT2D eigenvalue weighted by Gasteiger charge is 2.24. The molecule has 0 heterocycles. The molecule has 0 spiro atoms. The predicted octanol–water partition coefficient (Wildman–Crippen LogP) is 12.3. The number of Topliss-reactive ketones (excluding diaryl/α,β-unsaturated/α-hetero) is 1. The Kier molecular flexibility index (Phi) is 16.8. The van der Waals surface area contributed by atoms with E-state index in [1.54, 1.807) is 65.8 Å². The summed E-state index contributed by atoms with van der Waals surface area (Å²) in [6.07, 6.45) is 0. The Balaban J connectivity index is 0.000000323. The van der Waals surface area contributed by atoms with Gasteiger partial charge in [0.2, 0.25) is 0 Å². The van der Waals surface area contributed by atoms with Gasteiger partial charge in [0, 0.05) is 36.0 Å². The molecule has 0 unspecified atom stereocenters. The molecule has 0 atom stereocenters. The number of ketones is 1. The molecule has 254 valence electrons. The lowest BCUT2D eigenvalue weighted by Gasteiger charge is -2.16. The van der Waals surface area contributed by atoms with Crippen LogP contribution >= 0.6 is 47.8 Å². The Morgan fingerprint density at radius 2 is 0.958 bits per heavy atom. The van der Waals surface area contributed by atoms with E-state index in [2.05, 4.69) is 59.9 Å². The molecule has 0 aliphatic carbocycles. The zero-order chi connectivity index (χ0) is 37.0. The second-order valence-corrected chi connectivity index (χ2v) is 14.2.